The first-order valence-electron chi connectivity index (χ1n) is 10.7. The minimum atomic E-state index is -0.882. The number of carboxylic acids is 1. The Morgan fingerprint density at radius 3 is 2.46 bits per heavy atom. The van der Waals surface area contributed by atoms with Crippen molar-refractivity contribution in [3.8, 4) is 39.0 Å². The normalized spacial score (nSPS) is 11.1. The monoisotopic (exact) mass is 502 g/mol. The van der Waals surface area contributed by atoms with E-state index in [4.69, 9.17) is 21.3 Å². The summed E-state index contributed by atoms with van der Waals surface area (Å²) in [7, 11) is 1.52. The summed E-state index contributed by atoms with van der Waals surface area (Å²) < 4.78 is 5.96. The van der Waals surface area contributed by atoms with E-state index >= 15 is 0 Å². The van der Waals surface area contributed by atoms with Crippen LogP contribution in [-0.4, -0.2) is 38.1 Å². The van der Waals surface area contributed by atoms with Crippen LogP contribution in [0, 0.1) is 6.92 Å². The van der Waals surface area contributed by atoms with Crippen molar-refractivity contribution < 1.29 is 14.6 Å². The van der Waals surface area contributed by atoms with Gasteiger partial charge in [0.1, 0.15) is 5.01 Å². The molecule has 9 heteroatoms. The number of ether oxygens (including phenoxy) is 1. The third-order valence-electron chi connectivity index (χ3n) is 5.59. The highest BCUT2D eigenvalue weighted by atomic mass is 35.5. The second-order valence-electron chi connectivity index (χ2n) is 7.88. The minimum Gasteiger partial charge on any atom is -0.481 e. The van der Waals surface area contributed by atoms with Gasteiger partial charge in [-0.25, -0.2) is 15.0 Å². The third kappa shape index (κ3) is 4.58. The van der Waals surface area contributed by atoms with Crippen LogP contribution in [0.5, 0.6) is 6.01 Å². The maximum atomic E-state index is 11.7. The summed E-state index contributed by atoms with van der Waals surface area (Å²) in [6.07, 6.45) is 4.97. The summed E-state index contributed by atoms with van der Waals surface area (Å²) in [4.78, 5) is 29.4. The van der Waals surface area contributed by atoms with Crippen molar-refractivity contribution in [1.29, 1.82) is 0 Å². The maximum absolute atomic E-state index is 11.7. The molecule has 35 heavy (non-hydrogen) atoms. The first-order chi connectivity index (χ1) is 16.9. The summed E-state index contributed by atoms with van der Waals surface area (Å²) in [5.74, 6) is -0.882. The molecule has 7 nitrogen and oxygen atoms in total. The topological polar surface area (TPSA) is 98.1 Å². The minimum absolute atomic E-state index is 0.0795. The van der Waals surface area contributed by atoms with Gasteiger partial charge in [0.25, 0.3) is 0 Å². The Hall–Kier alpha value is -3.88. The predicted octanol–water partition coefficient (Wildman–Crippen LogP) is 6.08. The molecule has 3 aromatic heterocycles. The quantitative estimate of drug-likeness (QED) is 0.300. The third-order valence-corrected chi connectivity index (χ3v) is 6.98. The zero-order valence-corrected chi connectivity index (χ0v) is 20.4. The van der Waals surface area contributed by atoms with Gasteiger partial charge in [0, 0.05) is 40.3 Å². The average molecular weight is 503 g/mol. The Morgan fingerprint density at radius 1 is 1.03 bits per heavy atom. The summed E-state index contributed by atoms with van der Waals surface area (Å²) in [6, 6.07) is 13.5. The molecule has 0 amide bonds. The number of methoxy groups -OCH3 is 1. The van der Waals surface area contributed by atoms with E-state index in [0.29, 0.717) is 16.7 Å². The van der Waals surface area contributed by atoms with E-state index in [1.807, 2.05) is 49.4 Å². The lowest BCUT2D eigenvalue weighted by Gasteiger charge is -2.13. The largest absolute Gasteiger partial charge is 0.481 e. The molecule has 0 unspecified atom stereocenters. The molecular weight excluding hydrogens is 484 g/mol. The molecular formula is C26H19ClN4O3S. The molecule has 0 aliphatic carbocycles. The van der Waals surface area contributed by atoms with Crippen molar-refractivity contribution in [2.45, 2.75) is 13.3 Å². The van der Waals surface area contributed by atoms with Crippen LogP contribution in [0.3, 0.4) is 0 Å². The van der Waals surface area contributed by atoms with Crippen molar-refractivity contribution in [3.05, 3.63) is 77.2 Å². The Balaban J connectivity index is 1.66. The van der Waals surface area contributed by atoms with Gasteiger partial charge in [-0.15, -0.1) is 11.3 Å². The molecule has 0 bridgehead atoms. The second kappa shape index (κ2) is 9.40. The number of thiazole rings is 1. The molecule has 0 radical (unpaired) electrons. The van der Waals surface area contributed by atoms with Crippen LogP contribution in [-0.2, 0) is 11.2 Å². The van der Waals surface area contributed by atoms with Crippen LogP contribution >= 0.6 is 22.9 Å². The summed E-state index contributed by atoms with van der Waals surface area (Å²) in [5.41, 5.74) is 6.61. The number of fused-ring (bicyclic) bond motifs is 1. The SMILES string of the molecule is COc1ncc(-c2cc(-c3nc4cc(C)c(CC(=O)O)c(-c5ccc(Cl)cc5)c4s3)ccn2)cn1. The average Bonchev–Trinajstić information content (AvgIpc) is 3.28. The number of benzene rings is 2. The van der Waals surface area contributed by atoms with Gasteiger partial charge < -0.3 is 9.84 Å². The van der Waals surface area contributed by atoms with Gasteiger partial charge in [0.15, 0.2) is 0 Å². The number of pyridine rings is 1. The molecule has 5 rings (SSSR count). The fourth-order valence-electron chi connectivity index (χ4n) is 3.93. The predicted molar refractivity (Wildman–Crippen MR) is 137 cm³/mol. The van der Waals surface area contributed by atoms with Crippen molar-refractivity contribution in [2.24, 2.45) is 0 Å². The van der Waals surface area contributed by atoms with E-state index in [1.54, 1.807) is 18.6 Å². The highest BCUT2D eigenvalue weighted by molar-refractivity contribution is 7.22. The molecule has 0 saturated carbocycles. The fourth-order valence-corrected chi connectivity index (χ4v) is 5.20. The van der Waals surface area contributed by atoms with Crippen LogP contribution in [0.15, 0.2) is 61.1 Å². The van der Waals surface area contributed by atoms with Crippen LogP contribution < -0.4 is 4.74 Å². The lowest BCUT2D eigenvalue weighted by Crippen LogP contribution is -2.04. The van der Waals surface area contributed by atoms with Crippen molar-refractivity contribution >= 4 is 39.1 Å². The number of carboxylic acid groups (broad SMARTS) is 1. The maximum Gasteiger partial charge on any atom is 0.316 e. The van der Waals surface area contributed by atoms with E-state index in [-0.39, 0.29) is 6.42 Å². The Morgan fingerprint density at radius 2 is 1.77 bits per heavy atom. The molecule has 5 aromatic rings. The highest BCUT2D eigenvalue weighted by Crippen LogP contribution is 2.41. The molecule has 2 aromatic carbocycles. The molecule has 0 spiro atoms. The van der Waals surface area contributed by atoms with E-state index < -0.39 is 5.97 Å². The number of hydrogen-bond acceptors (Lipinski definition) is 7. The Labute approximate surface area is 210 Å². The van der Waals surface area contributed by atoms with E-state index in [1.165, 1.54) is 18.4 Å². The van der Waals surface area contributed by atoms with Crippen molar-refractivity contribution in [3.63, 3.8) is 0 Å². The lowest BCUT2D eigenvalue weighted by atomic mass is 9.93. The van der Waals surface area contributed by atoms with Crippen molar-refractivity contribution in [1.82, 2.24) is 19.9 Å². The van der Waals surface area contributed by atoms with E-state index in [9.17, 15) is 9.90 Å². The molecule has 0 atom stereocenters. The van der Waals surface area contributed by atoms with Crippen molar-refractivity contribution in [2.75, 3.05) is 7.11 Å². The Kier molecular flexibility index (Phi) is 6.15. The molecule has 174 valence electrons. The van der Waals surface area contributed by atoms with Gasteiger partial charge in [0.05, 0.1) is 29.4 Å². The van der Waals surface area contributed by atoms with Crippen LogP contribution in [0.1, 0.15) is 11.1 Å². The number of aromatic nitrogens is 4. The molecule has 3 heterocycles. The van der Waals surface area contributed by atoms with Crippen LogP contribution in [0.2, 0.25) is 5.02 Å². The number of halogens is 1. The van der Waals surface area contributed by atoms with Gasteiger partial charge in [-0.3, -0.25) is 9.78 Å². The number of nitrogens with zero attached hydrogens (tertiary/aromatic N) is 4. The summed E-state index contributed by atoms with van der Waals surface area (Å²) >= 11 is 7.63. The number of hydrogen-bond donors (Lipinski definition) is 1. The first-order valence-corrected chi connectivity index (χ1v) is 11.9. The smallest absolute Gasteiger partial charge is 0.316 e. The molecule has 0 aliphatic heterocycles. The molecule has 0 aliphatic rings. The van der Waals surface area contributed by atoms with Crippen LogP contribution in [0.25, 0.3) is 43.2 Å². The van der Waals surface area contributed by atoms with Gasteiger partial charge in [-0.1, -0.05) is 23.7 Å². The van der Waals surface area contributed by atoms with Gasteiger partial charge in [0.2, 0.25) is 0 Å². The zero-order chi connectivity index (χ0) is 24.5. The summed E-state index contributed by atoms with van der Waals surface area (Å²) in [5, 5.41) is 11.0. The second-order valence-corrected chi connectivity index (χ2v) is 9.32. The van der Waals surface area contributed by atoms with E-state index in [0.717, 1.165) is 48.6 Å². The van der Waals surface area contributed by atoms with E-state index in [2.05, 4.69) is 15.0 Å². The highest BCUT2D eigenvalue weighted by Gasteiger charge is 2.20. The van der Waals surface area contributed by atoms with Crippen LogP contribution in [0.4, 0.5) is 0 Å². The molecule has 1 N–H and O–H groups in total. The van der Waals surface area contributed by atoms with Gasteiger partial charge in [-0.2, -0.15) is 0 Å². The number of rotatable bonds is 6. The first kappa shape index (κ1) is 22.9. The number of aliphatic carboxylic acids is 1. The van der Waals surface area contributed by atoms with Gasteiger partial charge in [-0.05, 0) is 53.9 Å². The van der Waals surface area contributed by atoms with Gasteiger partial charge >= 0.3 is 12.0 Å². The number of carbonyl (C=O) groups is 1. The molecule has 0 saturated heterocycles. The number of aryl methyl sites for hydroxylation is 1. The zero-order valence-electron chi connectivity index (χ0n) is 18.8. The fraction of sp³-hybridized carbons (Fsp3) is 0.115. The lowest BCUT2D eigenvalue weighted by molar-refractivity contribution is -0.136. The standard InChI is InChI=1S/C26H19ClN4O3S/c1-14-9-21-24(23(19(14)11-22(32)33)15-3-5-18(27)6-4-15)35-25(31-21)16-7-8-28-20(10-16)17-12-29-26(34-2)30-13-17/h3-10,12-13H,11H2,1-2H3,(H,32,33). The summed E-state index contributed by atoms with van der Waals surface area (Å²) in [6.45, 7) is 1.92. The Bertz CT molecular complexity index is 1550. The molecule has 0 fully saturated rings.